The van der Waals surface area contributed by atoms with Gasteiger partial charge in [0, 0.05) is 18.2 Å². The van der Waals surface area contributed by atoms with Crippen LogP contribution in [0.15, 0.2) is 54.6 Å². The van der Waals surface area contributed by atoms with Crippen LogP contribution in [0, 0.1) is 0 Å². The number of nitrogens with one attached hydrogen (secondary N) is 1. The Balaban J connectivity index is 2.05. The Bertz CT molecular complexity index is 566. The molecule has 2 rings (SSSR count). The SMILES string of the molecule is COc1ccccc1[C@@H](C)NCC(C)(O)c1ccccc1. The third kappa shape index (κ3) is 3.84. The van der Waals surface area contributed by atoms with Crippen molar-refractivity contribution in [2.24, 2.45) is 0 Å². The number of aliphatic hydroxyl groups is 1. The van der Waals surface area contributed by atoms with Crippen LogP contribution >= 0.6 is 0 Å². The molecule has 3 nitrogen and oxygen atoms in total. The van der Waals surface area contributed by atoms with Gasteiger partial charge in [0.05, 0.1) is 12.7 Å². The van der Waals surface area contributed by atoms with Gasteiger partial charge in [-0.2, -0.15) is 0 Å². The Kier molecular flexibility index (Phi) is 4.99. The molecule has 21 heavy (non-hydrogen) atoms. The van der Waals surface area contributed by atoms with Gasteiger partial charge in [-0.15, -0.1) is 0 Å². The molecule has 1 unspecified atom stereocenters. The van der Waals surface area contributed by atoms with Gasteiger partial charge in [-0.25, -0.2) is 0 Å². The van der Waals surface area contributed by atoms with Crippen LogP contribution in [-0.2, 0) is 5.60 Å². The van der Waals surface area contributed by atoms with Crippen LogP contribution in [0.25, 0.3) is 0 Å². The number of hydrogen-bond acceptors (Lipinski definition) is 3. The van der Waals surface area contributed by atoms with E-state index in [2.05, 4.69) is 12.2 Å². The monoisotopic (exact) mass is 285 g/mol. The summed E-state index contributed by atoms with van der Waals surface area (Å²) < 4.78 is 5.38. The molecule has 0 bridgehead atoms. The summed E-state index contributed by atoms with van der Waals surface area (Å²) in [6, 6.07) is 17.7. The van der Waals surface area contributed by atoms with Crippen LogP contribution in [-0.4, -0.2) is 18.8 Å². The van der Waals surface area contributed by atoms with Crippen LogP contribution < -0.4 is 10.1 Å². The highest BCUT2D eigenvalue weighted by Gasteiger charge is 2.23. The molecule has 0 aliphatic rings. The van der Waals surface area contributed by atoms with Crippen LogP contribution in [0.5, 0.6) is 5.75 Å². The van der Waals surface area contributed by atoms with E-state index in [9.17, 15) is 5.11 Å². The summed E-state index contributed by atoms with van der Waals surface area (Å²) in [5.41, 5.74) is 1.09. The van der Waals surface area contributed by atoms with E-state index in [-0.39, 0.29) is 6.04 Å². The molecule has 0 aliphatic carbocycles. The molecule has 0 saturated heterocycles. The average Bonchev–Trinajstić information content (AvgIpc) is 2.53. The molecule has 0 saturated carbocycles. The fraction of sp³-hybridized carbons (Fsp3) is 0.333. The summed E-state index contributed by atoms with van der Waals surface area (Å²) in [6.45, 7) is 4.36. The number of benzene rings is 2. The summed E-state index contributed by atoms with van der Waals surface area (Å²) in [5.74, 6) is 0.858. The summed E-state index contributed by atoms with van der Waals surface area (Å²) in [6.07, 6.45) is 0. The van der Waals surface area contributed by atoms with Crippen molar-refractivity contribution in [2.45, 2.75) is 25.5 Å². The van der Waals surface area contributed by atoms with Gasteiger partial charge in [0.1, 0.15) is 5.75 Å². The van der Waals surface area contributed by atoms with Gasteiger partial charge in [-0.1, -0.05) is 48.5 Å². The van der Waals surface area contributed by atoms with Gasteiger partial charge < -0.3 is 15.2 Å². The fourth-order valence-electron chi connectivity index (χ4n) is 2.39. The lowest BCUT2D eigenvalue weighted by Gasteiger charge is -2.27. The van der Waals surface area contributed by atoms with Crippen molar-refractivity contribution in [3.63, 3.8) is 0 Å². The van der Waals surface area contributed by atoms with Crippen molar-refractivity contribution in [3.8, 4) is 5.75 Å². The van der Waals surface area contributed by atoms with Crippen molar-refractivity contribution in [1.29, 1.82) is 0 Å². The molecule has 112 valence electrons. The van der Waals surface area contributed by atoms with E-state index in [1.807, 2.05) is 61.5 Å². The number of rotatable bonds is 6. The molecule has 0 aromatic heterocycles. The lowest BCUT2D eigenvalue weighted by atomic mass is 9.95. The number of ether oxygens (including phenoxy) is 1. The zero-order valence-corrected chi connectivity index (χ0v) is 12.8. The van der Waals surface area contributed by atoms with Crippen LogP contribution in [0.1, 0.15) is 31.0 Å². The summed E-state index contributed by atoms with van der Waals surface area (Å²) in [5, 5.41) is 14.0. The number of hydrogen-bond donors (Lipinski definition) is 2. The zero-order valence-electron chi connectivity index (χ0n) is 12.8. The Morgan fingerprint density at radius 1 is 1.10 bits per heavy atom. The van der Waals surface area contributed by atoms with Crippen LogP contribution in [0.3, 0.4) is 0 Å². The highest BCUT2D eigenvalue weighted by molar-refractivity contribution is 5.35. The zero-order chi connectivity index (χ0) is 15.3. The van der Waals surface area contributed by atoms with Crippen molar-refractivity contribution in [2.75, 3.05) is 13.7 Å². The molecule has 0 fully saturated rings. The van der Waals surface area contributed by atoms with E-state index >= 15 is 0 Å². The van der Waals surface area contributed by atoms with Gasteiger partial charge in [-0.3, -0.25) is 0 Å². The van der Waals surface area contributed by atoms with Gasteiger partial charge >= 0.3 is 0 Å². The smallest absolute Gasteiger partial charge is 0.123 e. The molecule has 0 radical (unpaired) electrons. The van der Waals surface area contributed by atoms with E-state index in [1.165, 1.54) is 0 Å². The molecule has 2 N–H and O–H groups in total. The van der Waals surface area contributed by atoms with Crippen molar-refractivity contribution in [1.82, 2.24) is 5.32 Å². The van der Waals surface area contributed by atoms with Crippen LogP contribution in [0.4, 0.5) is 0 Å². The minimum absolute atomic E-state index is 0.0938. The third-order valence-corrected chi connectivity index (χ3v) is 3.75. The average molecular weight is 285 g/mol. The standard InChI is InChI=1S/C18H23NO2/c1-14(16-11-7-8-12-17(16)21-3)19-13-18(2,20)15-9-5-4-6-10-15/h4-12,14,19-20H,13H2,1-3H3/t14-,18?/m1/s1. The Morgan fingerprint density at radius 3 is 2.38 bits per heavy atom. The van der Waals surface area contributed by atoms with E-state index in [4.69, 9.17) is 4.74 Å². The summed E-state index contributed by atoms with van der Waals surface area (Å²) in [7, 11) is 1.67. The first-order valence-electron chi connectivity index (χ1n) is 7.19. The number of methoxy groups -OCH3 is 1. The largest absolute Gasteiger partial charge is 0.496 e. The molecule has 0 heterocycles. The lowest BCUT2D eigenvalue weighted by Crippen LogP contribution is -2.36. The Hall–Kier alpha value is -1.84. The van der Waals surface area contributed by atoms with Crippen molar-refractivity contribution < 1.29 is 9.84 Å². The lowest BCUT2D eigenvalue weighted by molar-refractivity contribution is 0.0543. The van der Waals surface area contributed by atoms with Gasteiger partial charge in [0.15, 0.2) is 0 Å². The second-order valence-electron chi connectivity index (χ2n) is 5.48. The molecule has 2 aromatic rings. The minimum Gasteiger partial charge on any atom is -0.496 e. The first-order chi connectivity index (χ1) is 10.0. The molecule has 2 atom stereocenters. The predicted octanol–water partition coefficient (Wildman–Crippen LogP) is 3.25. The minimum atomic E-state index is -0.905. The topological polar surface area (TPSA) is 41.5 Å². The molecule has 3 heteroatoms. The van der Waals surface area contributed by atoms with Gasteiger partial charge in [0.2, 0.25) is 0 Å². The van der Waals surface area contributed by atoms with Gasteiger partial charge in [-0.05, 0) is 25.5 Å². The molecular formula is C18H23NO2. The molecule has 0 aliphatic heterocycles. The first-order valence-corrected chi connectivity index (χ1v) is 7.19. The first kappa shape index (κ1) is 15.5. The van der Waals surface area contributed by atoms with E-state index in [0.29, 0.717) is 6.54 Å². The maximum atomic E-state index is 10.6. The molecule has 2 aromatic carbocycles. The number of para-hydroxylation sites is 1. The summed E-state index contributed by atoms with van der Waals surface area (Å²) >= 11 is 0. The Labute approximate surface area is 126 Å². The maximum Gasteiger partial charge on any atom is 0.123 e. The van der Waals surface area contributed by atoms with E-state index < -0.39 is 5.60 Å². The quantitative estimate of drug-likeness (QED) is 0.856. The molecule has 0 amide bonds. The normalized spacial score (nSPS) is 15.2. The van der Waals surface area contributed by atoms with E-state index in [1.54, 1.807) is 7.11 Å². The van der Waals surface area contributed by atoms with E-state index in [0.717, 1.165) is 16.9 Å². The highest BCUT2D eigenvalue weighted by Crippen LogP contribution is 2.26. The van der Waals surface area contributed by atoms with Crippen molar-refractivity contribution >= 4 is 0 Å². The Morgan fingerprint density at radius 2 is 1.71 bits per heavy atom. The highest BCUT2D eigenvalue weighted by atomic mass is 16.5. The second kappa shape index (κ2) is 6.74. The predicted molar refractivity (Wildman–Crippen MR) is 85.4 cm³/mol. The third-order valence-electron chi connectivity index (χ3n) is 3.75. The fourth-order valence-corrected chi connectivity index (χ4v) is 2.39. The molecular weight excluding hydrogens is 262 g/mol. The van der Waals surface area contributed by atoms with Crippen molar-refractivity contribution in [3.05, 3.63) is 65.7 Å². The second-order valence-corrected chi connectivity index (χ2v) is 5.48. The maximum absolute atomic E-state index is 10.6. The summed E-state index contributed by atoms with van der Waals surface area (Å²) in [4.78, 5) is 0. The van der Waals surface area contributed by atoms with Crippen LogP contribution in [0.2, 0.25) is 0 Å². The molecule has 0 spiro atoms. The van der Waals surface area contributed by atoms with Gasteiger partial charge in [0.25, 0.3) is 0 Å².